The van der Waals surface area contributed by atoms with E-state index in [-0.39, 0.29) is 29.7 Å². The molecule has 3 N–H and O–H groups in total. The lowest BCUT2D eigenvalue weighted by molar-refractivity contribution is -0.139. The first-order valence-electron chi connectivity index (χ1n) is 9.96. The van der Waals surface area contributed by atoms with E-state index in [1.165, 1.54) is 15.8 Å². The Kier molecular flexibility index (Phi) is 5.12. The fourth-order valence-corrected chi connectivity index (χ4v) is 4.45. The number of hydrogen-bond acceptors (Lipinski definition) is 3. The fraction of sp³-hybridized carbons (Fsp3) is 0.455. The van der Waals surface area contributed by atoms with E-state index in [1.807, 2.05) is 30.5 Å². The third-order valence-electron chi connectivity index (χ3n) is 5.96. The highest BCUT2D eigenvalue weighted by Gasteiger charge is 2.46. The van der Waals surface area contributed by atoms with Crippen LogP contribution in [-0.4, -0.2) is 34.3 Å². The van der Waals surface area contributed by atoms with Crippen LogP contribution in [0.1, 0.15) is 37.7 Å². The zero-order valence-electron chi connectivity index (χ0n) is 15.6. The maximum absolute atomic E-state index is 12.5. The first-order valence-corrected chi connectivity index (χ1v) is 9.96. The summed E-state index contributed by atoms with van der Waals surface area (Å²) in [6.07, 6.45) is 11.0. The zero-order chi connectivity index (χ0) is 18.8. The van der Waals surface area contributed by atoms with E-state index in [9.17, 15) is 9.59 Å². The molecule has 0 radical (unpaired) electrons. The lowest BCUT2D eigenvalue weighted by atomic mass is 9.85. The second-order valence-electron chi connectivity index (χ2n) is 7.80. The van der Waals surface area contributed by atoms with Gasteiger partial charge in [-0.15, -0.1) is 0 Å². The van der Waals surface area contributed by atoms with Crippen LogP contribution >= 0.6 is 0 Å². The molecule has 0 spiro atoms. The normalized spacial score (nSPS) is 23.2. The Bertz CT molecular complexity index is 843. The number of aromatic amines is 1. The van der Waals surface area contributed by atoms with Crippen LogP contribution < -0.4 is 5.73 Å². The van der Waals surface area contributed by atoms with E-state index in [0.29, 0.717) is 19.4 Å². The Hall–Kier alpha value is -2.40. The molecule has 1 saturated heterocycles. The van der Waals surface area contributed by atoms with Crippen molar-refractivity contribution in [1.82, 2.24) is 9.88 Å². The van der Waals surface area contributed by atoms with Crippen LogP contribution in [0.3, 0.4) is 0 Å². The number of rotatable bonds is 7. The van der Waals surface area contributed by atoms with Crippen molar-refractivity contribution in [2.45, 2.75) is 44.6 Å². The molecule has 1 unspecified atom stereocenters. The molecule has 0 bridgehead atoms. The van der Waals surface area contributed by atoms with Crippen molar-refractivity contribution < 1.29 is 9.59 Å². The zero-order valence-corrected chi connectivity index (χ0v) is 15.6. The van der Waals surface area contributed by atoms with E-state index in [2.05, 4.69) is 17.1 Å². The molecule has 5 nitrogen and oxygen atoms in total. The summed E-state index contributed by atoms with van der Waals surface area (Å²) in [5, 5.41) is 1.23. The number of carbonyl (C=O) groups is 2. The van der Waals surface area contributed by atoms with Gasteiger partial charge < -0.3 is 10.7 Å². The van der Waals surface area contributed by atoms with Crippen molar-refractivity contribution in [1.29, 1.82) is 0 Å². The van der Waals surface area contributed by atoms with Crippen molar-refractivity contribution in [2.75, 3.05) is 6.54 Å². The van der Waals surface area contributed by atoms with Crippen LogP contribution in [0.25, 0.3) is 10.9 Å². The number of nitrogens with two attached hydrogens (primary N) is 1. The highest BCUT2D eigenvalue weighted by atomic mass is 16.2. The number of para-hydroxylation sites is 1. The number of H-pyrrole nitrogens is 1. The van der Waals surface area contributed by atoms with Crippen molar-refractivity contribution >= 4 is 22.7 Å². The van der Waals surface area contributed by atoms with Crippen LogP contribution in [0.4, 0.5) is 0 Å². The van der Waals surface area contributed by atoms with Gasteiger partial charge in [-0.2, -0.15) is 0 Å². The van der Waals surface area contributed by atoms with Gasteiger partial charge in [0.1, 0.15) is 0 Å². The van der Waals surface area contributed by atoms with Gasteiger partial charge in [0.2, 0.25) is 11.8 Å². The molecule has 142 valence electrons. The third-order valence-corrected chi connectivity index (χ3v) is 5.96. The van der Waals surface area contributed by atoms with E-state index in [4.69, 9.17) is 5.73 Å². The quantitative estimate of drug-likeness (QED) is 0.449. The Labute approximate surface area is 159 Å². The number of hydrogen-bond donors (Lipinski definition) is 2. The average Bonchev–Trinajstić information content (AvgIpc) is 3.20. The van der Waals surface area contributed by atoms with Gasteiger partial charge >= 0.3 is 0 Å². The molecule has 2 aliphatic rings. The van der Waals surface area contributed by atoms with Crippen LogP contribution in [0.2, 0.25) is 0 Å². The monoisotopic (exact) mass is 365 g/mol. The molecule has 2 amide bonds. The highest BCUT2D eigenvalue weighted by molar-refractivity contribution is 6.05. The number of allylic oxidation sites excluding steroid dienone is 2. The van der Waals surface area contributed by atoms with Crippen LogP contribution in [-0.2, 0) is 16.0 Å². The minimum atomic E-state index is -0.119. The standard InChI is InChI=1S/C22H27N3O2/c23-16(13-15-14-24-20-11-4-3-8-17(15)20)7-5-6-12-25-21(26)18-9-1-2-10-19(18)22(25)27/h1-4,8,11,14,16,18-19,24H,5-7,9-10,12-13,23H2/t16?,18-,19+. The topological polar surface area (TPSA) is 79.2 Å². The highest BCUT2D eigenvalue weighted by Crippen LogP contribution is 2.35. The number of likely N-dealkylation sites (tertiary alicyclic amines) is 1. The third kappa shape index (κ3) is 3.56. The Balaban J connectivity index is 1.24. The first-order chi connectivity index (χ1) is 13.1. The molecular weight excluding hydrogens is 338 g/mol. The predicted octanol–water partition coefficient (Wildman–Crippen LogP) is 3.16. The predicted molar refractivity (Wildman–Crippen MR) is 106 cm³/mol. The summed E-state index contributed by atoms with van der Waals surface area (Å²) in [5.41, 5.74) is 8.72. The average molecular weight is 365 g/mol. The van der Waals surface area contributed by atoms with Crippen molar-refractivity contribution in [3.05, 3.63) is 48.2 Å². The van der Waals surface area contributed by atoms with Gasteiger partial charge in [-0.1, -0.05) is 36.8 Å². The summed E-state index contributed by atoms with van der Waals surface area (Å²) in [4.78, 5) is 29.7. The maximum Gasteiger partial charge on any atom is 0.233 e. The number of benzene rings is 1. The van der Waals surface area contributed by atoms with E-state index in [1.54, 1.807) is 0 Å². The first kappa shape index (κ1) is 18.0. The van der Waals surface area contributed by atoms with Crippen molar-refractivity contribution in [3.8, 4) is 0 Å². The largest absolute Gasteiger partial charge is 0.361 e. The Morgan fingerprint density at radius 3 is 2.52 bits per heavy atom. The van der Waals surface area contributed by atoms with E-state index >= 15 is 0 Å². The molecule has 2 heterocycles. The lowest BCUT2D eigenvalue weighted by Gasteiger charge is -2.16. The number of nitrogens with one attached hydrogen (secondary N) is 1. The number of carbonyl (C=O) groups excluding carboxylic acids is 2. The maximum atomic E-state index is 12.5. The molecule has 3 atom stereocenters. The smallest absolute Gasteiger partial charge is 0.233 e. The summed E-state index contributed by atoms with van der Waals surface area (Å²) < 4.78 is 0. The Morgan fingerprint density at radius 1 is 1.07 bits per heavy atom. The number of nitrogens with zero attached hydrogens (tertiary/aromatic N) is 1. The van der Waals surface area contributed by atoms with Crippen molar-refractivity contribution in [2.24, 2.45) is 17.6 Å². The summed E-state index contributed by atoms with van der Waals surface area (Å²) in [5.74, 6) is -0.187. The van der Waals surface area contributed by atoms with Gasteiger partial charge in [0, 0.05) is 29.7 Å². The van der Waals surface area contributed by atoms with Gasteiger partial charge in [-0.3, -0.25) is 14.5 Å². The molecule has 1 aliphatic carbocycles. The number of unbranched alkanes of at least 4 members (excludes halogenated alkanes) is 1. The van der Waals surface area contributed by atoms with Crippen LogP contribution in [0.5, 0.6) is 0 Å². The molecule has 1 aromatic heterocycles. The molecule has 1 aliphatic heterocycles. The molecule has 2 aromatic rings. The van der Waals surface area contributed by atoms with Gasteiger partial charge in [0.25, 0.3) is 0 Å². The summed E-state index contributed by atoms with van der Waals surface area (Å²) in [6, 6.07) is 8.34. The molecule has 5 heteroatoms. The van der Waals surface area contributed by atoms with Crippen LogP contribution in [0.15, 0.2) is 42.6 Å². The molecule has 4 rings (SSSR count). The molecule has 27 heavy (non-hydrogen) atoms. The minimum absolute atomic E-state index is 0.0254. The second kappa shape index (κ2) is 7.69. The van der Waals surface area contributed by atoms with E-state index < -0.39 is 0 Å². The molecule has 0 saturated carbocycles. The number of imide groups is 1. The van der Waals surface area contributed by atoms with Crippen molar-refractivity contribution in [3.63, 3.8) is 0 Å². The molecule has 1 fully saturated rings. The number of aromatic nitrogens is 1. The Morgan fingerprint density at radius 2 is 1.78 bits per heavy atom. The van der Waals surface area contributed by atoms with Gasteiger partial charge in [0.05, 0.1) is 11.8 Å². The summed E-state index contributed by atoms with van der Waals surface area (Å²) >= 11 is 0. The second-order valence-corrected chi connectivity index (χ2v) is 7.80. The SMILES string of the molecule is NC(CCCCN1C(=O)[C@H]2CC=CC[C@H]2C1=O)Cc1c[nH]c2ccccc12. The lowest BCUT2D eigenvalue weighted by Crippen LogP contribution is -2.32. The van der Waals surface area contributed by atoms with E-state index in [0.717, 1.165) is 31.2 Å². The van der Waals surface area contributed by atoms with Gasteiger partial charge in [0.15, 0.2) is 0 Å². The van der Waals surface area contributed by atoms with Crippen LogP contribution in [0, 0.1) is 11.8 Å². The minimum Gasteiger partial charge on any atom is -0.361 e. The summed E-state index contributed by atoms with van der Waals surface area (Å²) in [7, 11) is 0. The fourth-order valence-electron chi connectivity index (χ4n) is 4.45. The molecule has 1 aromatic carbocycles. The number of amides is 2. The van der Waals surface area contributed by atoms with Gasteiger partial charge in [-0.25, -0.2) is 0 Å². The molecular formula is C22H27N3O2. The summed E-state index contributed by atoms with van der Waals surface area (Å²) in [6.45, 7) is 0.532. The number of fused-ring (bicyclic) bond motifs is 2. The van der Waals surface area contributed by atoms with Gasteiger partial charge in [-0.05, 0) is 43.7 Å².